The molecule has 0 bridgehead atoms. The van der Waals surface area contributed by atoms with Crippen molar-refractivity contribution in [1.29, 1.82) is 0 Å². The van der Waals surface area contributed by atoms with Gasteiger partial charge >= 0.3 is 6.18 Å². The molecule has 2 atom stereocenters. The molecule has 3 nitrogen and oxygen atoms in total. The molecule has 98 valence electrons. The van der Waals surface area contributed by atoms with E-state index >= 15 is 0 Å². The second-order valence-electron chi connectivity index (χ2n) is 4.20. The van der Waals surface area contributed by atoms with E-state index in [9.17, 15) is 13.2 Å². The Morgan fingerprint density at radius 1 is 1.41 bits per heavy atom. The largest absolute Gasteiger partial charge is 0.435 e. The number of alkyl halides is 3. The van der Waals surface area contributed by atoms with Gasteiger partial charge in [0.1, 0.15) is 0 Å². The molecule has 0 aliphatic rings. The normalized spacial score (nSPS) is 15.9. The topological polar surface area (TPSA) is 29.9 Å². The van der Waals surface area contributed by atoms with Crippen LogP contribution in [0.1, 0.15) is 32.5 Å². The minimum absolute atomic E-state index is 0.0647. The summed E-state index contributed by atoms with van der Waals surface area (Å²) < 4.78 is 38.5. The average molecular weight is 249 g/mol. The van der Waals surface area contributed by atoms with Crippen molar-refractivity contribution >= 4 is 0 Å². The monoisotopic (exact) mass is 249 g/mol. The van der Waals surface area contributed by atoms with Crippen LogP contribution in [0.15, 0.2) is 12.3 Å². The second kappa shape index (κ2) is 5.53. The number of aromatic nitrogens is 2. The SMILES string of the molecule is CCNCC(C)C(C)n1ccc(C(F)(F)F)n1. The zero-order valence-corrected chi connectivity index (χ0v) is 10.3. The Morgan fingerprint density at radius 3 is 2.53 bits per heavy atom. The van der Waals surface area contributed by atoms with Crippen LogP contribution in [0.5, 0.6) is 0 Å². The summed E-state index contributed by atoms with van der Waals surface area (Å²) >= 11 is 0. The van der Waals surface area contributed by atoms with Crippen LogP contribution in [-0.4, -0.2) is 22.9 Å². The highest BCUT2D eigenvalue weighted by Crippen LogP contribution is 2.28. The summed E-state index contributed by atoms with van der Waals surface area (Å²) in [7, 11) is 0. The fraction of sp³-hybridized carbons (Fsp3) is 0.727. The van der Waals surface area contributed by atoms with Gasteiger partial charge in [-0.2, -0.15) is 18.3 Å². The number of nitrogens with zero attached hydrogens (tertiary/aromatic N) is 2. The van der Waals surface area contributed by atoms with Crippen molar-refractivity contribution in [3.63, 3.8) is 0 Å². The molecule has 0 aliphatic heterocycles. The summed E-state index contributed by atoms with van der Waals surface area (Å²) in [4.78, 5) is 0. The molecule has 2 unspecified atom stereocenters. The Bertz CT molecular complexity index is 346. The molecule has 1 rings (SSSR count). The molecule has 0 fully saturated rings. The molecule has 0 radical (unpaired) electrons. The van der Waals surface area contributed by atoms with Crippen molar-refractivity contribution in [2.45, 2.75) is 33.0 Å². The summed E-state index contributed by atoms with van der Waals surface area (Å²) in [5.74, 6) is 0.218. The number of halogens is 3. The average Bonchev–Trinajstić information content (AvgIpc) is 2.73. The van der Waals surface area contributed by atoms with Crippen LogP contribution in [0.25, 0.3) is 0 Å². The Balaban J connectivity index is 2.69. The summed E-state index contributed by atoms with van der Waals surface area (Å²) in [5, 5.41) is 6.75. The first kappa shape index (κ1) is 14.0. The third kappa shape index (κ3) is 3.73. The Morgan fingerprint density at radius 2 is 2.06 bits per heavy atom. The van der Waals surface area contributed by atoms with E-state index in [1.165, 1.54) is 10.9 Å². The van der Waals surface area contributed by atoms with Crippen LogP contribution < -0.4 is 5.32 Å². The lowest BCUT2D eigenvalue weighted by atomic mass is 10.0. The molecule has 1 aromatic heterocycles. The predicted octanol–water partition coefficient (Wildman–Crippen LogP) is 2.71. The van der Waals surface area contributed by atoms with Gasteiger partial charge in [-0.3, -0.25) is 4.68 Å². The number of nitrogens with one attached hydrogen (secondary N) is 1. The maximum Gasteiger partial charge on any atom is 0.435 e. The fourth-order valence-electron chi connectivity index (χ4n) is 1.52. The Hall–Kier alpha value is -1.04. The van der Waals surface area contributed by atoms with E-state index < -0.39 is 11.9 Å². The predicted molar refractivity (Wildman–Crippen MR) is 59.6 cm³/mol. The molecule has 1 N–H and O–H groups in total. The second-order valence-corrected chi connectivity index (χ2v) is 4.20. The van der Waals surface area contributed by atoms with Crippen LogP contribution in [-0.2, 0) is 6.18 Å². The van der Waals surface area contributed by atoms with Gasteiger partial charge in [0.15, 0.2) is 5.69 Å². The van der Waals surface area contributed by atoms with Crippen LogP contribution in [0.4, 0.5) is 13.2 Å². The minimum atomic E-state index is -4.37. The highest BCUT2D eigenvalue weighted by Gasteiger charge is 2.34. The van der Waals surface area contributed by atoms with Crippen LogP contribution in [0.2, 0.25) is 0 Å². The molecule has 0 aliphatic carbocycles. The summed E-state index contributed by atoms with van der Waals surface area (Å²) in [6.07, 6.45) is -2.98. The van der Waals surface area contributed by atoms with Gasteiger partial charge in [0.25, 0.3) is 0 Å². The van der Waals surface area contributed by atoms with E-state index in [1.54, 1.807) is 0 Å². The molecule has 0 saturated carbocycles. The van der Waals surface area contributed by atoms with Gasteiger partial charge < -0.3 is 5.32 Å². The highest BCUT2D eigenvalue weighted by atomic mass is 19.4. The molecule has 0 amide bonds. The smallest absolute Gasteiger partial charge is 0.317 e. The molecule has 0 saturated heterocycles. The maximum atomic E-state index is 12.4. The van der Waals surface area contributed by atoms with Gasteiger partial charge in [-0.25, -0.2) is 0 Å². The summed E-state index contributed by atoms with van der Waals surface area (Å²) in [6.45, 7) is 7.47. The Labute approximate surface area is 99.0 Å². The maximum absolute atomic E-state index is 12.4. The molecule has 6 heteroatoms. The minimum Gasteiger partial charge on any atom is -0.317 e. The molecule has 17 heavy (non-hydrogen) atoms. The quantitative estimate of drug-likeness (QED) is 0.869. The highest BCUT2D eigenvalue weighted by molar-refractivity contribution is 5.03. The summed E-state index contributed by atoms with van der Waals surface area (Å²) in [5.41, 5.74) is -0.833. The summed E-state index contributed by atoms with van der Waals surface area (Å²) in [6, 6.07) is 0.946. The van der Waals surface area contributed by atoms with Crippen molar-refractivity contribution in [2.75, 3.05) is 13.1 Å². The van der Waals surface area contributed by atoms with Crippen molar-refractivity contribution in [3.05, 3.63) is 18.0 Å². The van der Waals surface area contributed by atoms with Gasteiger partial charge in [-0.05, 0) is 32.0 Å². The lowest BCUT2D eigenvalue weighted by Gasteiger charge is -2.20. The molecular weight excluding hydrogens is 231 g/mol. The molecular formula is C11H18F3N3. The molecule has 0 aromatic carbocycles. The third-order valence-corrected chi connectivity index (χ3v) is 2.86. The number of rotatable bonds is 5. The number of hydrogen-bond donors (Lipinski definition) is 1. The van der Waals surface area contributed by atoms with E-state index in [4.69, 9.17) is 0 Å². The van der Waals surface area contributed by atoms with Crippen LogP contribution in [0, 0.1) is 5.92 Å². The van der Waals surface area contributed by atoms with Crippen molar-refractivity contribution in [1.82, 2.24) is 15.1 Å². The Kier molecular flexibility index (Phi) is 4.56. The van der Waals surface area contributed by atoms with Crippen molar-refractivity contribution in [2.24, 2.45) is 5.92 Å². The molecule has 1 heterocycles. The van der Waals surface area contributed by atoms with Crippen LogP contribution in [0.3, 0.4) is 0 Å². The lowest BCUT2D eigenvalue weighted by molar-refractivity contribution is -0.141. The first-order valence-corrected chi connectivity index (χ1v) is 5.69. The van der Waals surface area contributed by atoms with Gasteiger partial charge in [-0.15, -0.1) is 0 Å². The van der Waals surface area contributed by atoms with E-state index in [0.29, 0.717) is 0 Å². The van der Waals surface area contributed by atoms with Crippen LogP contribution >= 0.6 is 0 Å². The van der Waals surface area contributed by atoms with Gasteiger partial charge in [0.2, 0.25) is 0 Å². The first-order chi connectivity index (χ1) is 7.86. The van der Waals surface area contributed by atoms with E-state index in [2.05, 4.69) is 10.4 Å². The van der Waals surface area contributed by atoms with E-state index in [-0.39, 0.29) is 12.0 Å². The standard InChI is InChI=1S/C11H18F3N3/c1-4-15-7-8(2)9(3)17-6-5-10(16-17)11(12,13)14/h5-6,8-9,15H,4,7H2,1-3H3. The third-order valence-electron chi connectivity index (χ3n) is 2.86. The van der Waals surface area contributed by atoms with Gasteiger partial charge in [-0.1, -0.05) is 13.8 Å². The lowest BCUT2D eigenvalue weighted by Crippen LogP contribution is -2.27. The van der Waals surface area contributed by atoms with E-state index in [0.717, 1.165) is 19.2 Å². The zero-order chi connectivity index (χ0) is 13.1. The zero-order valence-electron chi connectivity index (χ0n) is 10.3. The first-order valence-electron chi connectivity index (χ1n) is 5.69. The molecule has 1 aromatic rings. The molecule has 0 spiro atoms. The fourth-order valence-corrected chi connectivity index (χ4v) is 1.52. The van der Waals surface area contributed by atoms with Gasteiger partial charge in [0.05, 0.1) is 6.04 Å². The van der Waals surface area contributed by atoms with Crippen molar-refractivity contribution < 1.29 is 13.2 Å². The van der Waals surface area contributed by atoms with Gasteiger partial charge in [0, 0.05) is 6.20 Å². The number of hydrogen-bond acceptors (Lipinski definition) is 2. The van der Waals surface area contributed by atoms with Crippen molar-refractivity contribution in [3.8, 4) is 0 Å². The van der Waals surface area contributed by atoms with E-state index in [1.807, 2.05) is 20.8 Å².